The van der Waals surface area contributed by atoms with E-state index in [0.29, 0.717) is 22.7 Å². The summed E-state index contributed by atoms with van der Waals surface area (Å²) < 4.78 is 40.8. The Bertz CT molecular complexity index is 1430. The maximum atomic E-state index is 12.3. The van der Waals surface area contributed by atoms with Crippen LogP contribution in [0.1, 0.15) is 22.8 Å². The number of aromatic nitrogens is 2. The molecule has 0 saturated heterocycles. The molecule has 0 spiro atoms. The number of rotatable bonds is 10. The molecule has 11 heteroatoms. The van der Waals surface area contributed by atoms with Gasteiger partial charge in [0.2, 0.25) is 5.89 Å². The van der Waals surface area contributed by atoms with Crippen molar-refractivity contribution in [3.63, 3.8) is 0 Å². The van der Waals surface area contributed by atoms with Crippen molar-refractivity contribution >= 4 is 49.8 Å². The number of nitrogens with zero attached hydrogens (tertiary/aromatic N) is 3. The predicted octanol–water partition coefficient (Wildman–Crippen LogP) is 4.32. The van der Waals surface area contributed by atoms with E-state index in [-0.39, 0.29) is 17.9 Å². The number of benzene rings is 2. The molecule has 2 heterocycles. The molecule has 0 aliphatic carbocycles. The van der Waals surface area contributed by atoms with E-state index in [2.05, 4.69) is 9.97 Å². The van der Waals surface area contributed by atoms with Crippen molar-refractivity contribution in [1.29, 1.82) is 0 Å². The van der Waals surface area contributed by atoms with Gasteiger partial charge in [0.25, 0.3) is 10.1 Å². The molecule has 0 aliphatic heterocycles. The molecular weight excluding hydrogens is 490 g/mol. The Hall–Kier alpha value is -3.25. The highest BCUT2D eigenvalue weighted by molar-refractivity contribution is 7.86. The minimum absolute atomic E-state index is 0.0165. The number of hydrogen-bond donors (Lipinski definition) is 1. The zero-order valence-corrected chi connectivity index (χ0v) is 21.0. The van der Waals surface area contributed by atoms with Gasteiger partial charge in [-0.15, -0.1) is 0 Å². The summed E-state index contributed by atoms with van der Waals surface area (Å²) in [5.41, 5.74) is 2.13. The van der Waals surface area contributed by atoms with Crippen LogP contribution in [0.25, 0.3) is 23.3 Å². The second kappa shape index (κ2) is 10.6. The molecule has 1 atom stereocenters. The number of fused-ring (bicyclic) bond motifs is 1. The summed E-state index contributed by atoms with van der Waals surface area (Å²) in [6.07, 6.45) is 3.87. The minimum Gasteiger partial charge on any atom is -0.493 e. The van der Waals surface area contributed by atoms with Crippen LogP contribution in [-0.4, -0.2) is 50.5 Å². The standard InChI is InChI=1S/C24H25N3O6S2/c1-16-4-8-19(9-5-16)35(29,30)33-23(28)12-13-31-17-6-10-20-21(14-17)32-22(26-20)11-7-18-15-25-24(34-18)27(2)3/h4-11,14-15,23,28H,12-13H2,1-3H3/b11-7+. The molecule has 2 aromatic heterocycles. The van der Waals surface area contributed by atoms with Gasteiger partial charge in [-0.2, -0.15) is 8.42 Å². The van der Waals surface area contributed by atoms with Gasteiger partial charge in [0.1, 0.15) is 11.3 Å². The third-order valence-electron chi connectivity index (χ3n) is 4.84. The molecule has 0 aliphatic rings. The van der Waals surface area contributed by atoms with Crippen molar-refractivity contribution in [1.82, 2.24) is 9.97 Å². The van der Waals surface area contributed by atoms with Crippen LogP contribution in [0, 0.1) is 6.92 Å². The summed E-state index contributed by atoms with van der Waals surface area (Å²) in [5, 5.41) is 10.9. The second-order valence-corrected chi connectivity index (χ2v) is 10.5. The van der Waals surface area contributed by atoms with Crippen LogP contribution in [0.4, 0.5) is 5.13 Å². The summed E-state index contributed by atoms with van der Waals surface area (Å²) in [7, 11) is -0.190. The van der Waals surface area contributed by atoms with Gasteiger partial charge in [-0.3, -0.25) is 0 Å². The average Bonchev–Trinajstić information content (AvgIpc) is 3.44. The molecule has 4 aromatic rings. The first kappa shape index (κ1) is 24.9. The molecule has 1 unspecified atom stereocenters. The Balaban J connectivity index is 1.32. The van der Waals surface area contributed by atoms with Crippen molar-refractivity contribution in [2.45, 2.75) is 24.5 Å². The SMILES string of the molecule is Cc1ccc(S(=O)(=O)OC(O)CCOc2ccc3nc(/C=C/c4cnc(N(C)C)s4)oc3c2)cc1. The third kappa shape index (κ3) is 6.45. The van der Waals surface area contributed by atoms with E-state index in [4.69, 9.17) is 13.3 Å². The Labute approximate surface area is 207 Å². The lowest BCUT2D eigenvalue weighted by Crippen LogP contribution is -2.20. The number of ether oxygens (including phenoxy) is 1. The van der Waals surface area contributed by atoms with Crippen molar-refractivity contribution in [2.75, 3.05) is 25.6 Å². The number of aryl methyl sites for hydroxylation is 1. The smallest absolute Gasteiger partial charge is 0.299 e. The fourth-order valence-corrected chi connectivity index (χ4v) is 4.74. The predicted molar refractivity (Wildman–Crippen MR) is 135 cm³/mol. The Morgan fingerprint density at radius 2 is 1.94 bits per heavy atom. The highest BCUT2D eigenvalue weighted by Gasteiger charge is 2.20. The van der Waals surface area contributed by atoms with Gasteiger partial charge in [0.05, 0.1) is 11.5 Å². The van der Waals surface area contributed by atoms with Crippen LogP contribution < -0.4 is 9.64 Å². The van der Waals surface area contributed by atoms with Crippen LogP contribution in [0.3, 0.4) is 0 Å². The largest absolute Gasteiger partial charge is 0.493 e. The van der Waals surface area contributed by atoms with Gasteiger partial charge < -0.3 is 19.2 Å². The molecule has 0 bridgehead atoms. The molecule has 4 rings (SSSR count). The molecule has 9 nitrogen and oxygen atoms in total. The number of thiazole rings is 1. The van der Waals surface area contributed by atoms with E-state index < -0.39 is 16.4 Å². The van der Waals surface area contributed by atoms with Crippen LogP contribution in [0.15, 0.2) is 58.0 Å². The summed E-state index contributed by atoms with van der Waals surface area (Å²) in [4.78, 5) is 11.7. The first-order valence-corrected chi connectivity index (χ1v) is 12.9. The number of hydrogen-bond acceptors (Lipinski definition) is 10. The zero-order valence-electron chi connectivity index (χ0n) is 19.4. The maximum absolute atomic E-state index is 12.3. The highest BCUT2D eigenvalue weighted by atomic mass is 32.2. The molecule has 0 radical (unpaired) electrons. The fourth-order valence-electron chi connectivity index (χ4n) is 3.03. The quantitative estimate of drug-likeness (QED) is 0.243. The van der Waals surface area contributed by atoms with Crippen LogP contribution in [0.5, 0.6) is 5.75 Å². The van der Waals surface area contributed by atoms with Crippen molar-refractivity contribution in [3.05, 3.63) is 65.0 Å². The Kier molecular flexibility index (Phi) is 7.51. The monoisotopic (exact) mass is 515 g/mol. The molecule has 35 heavy (non-hydrogen) atoms. The van der Waals surface area contributed by atoms with E-state index in [9.17, 15) is 13.5 Å². The molecule has 184 valence electrons. The van der Waals surface area contributed by atoms with Crippen LogP contribution in [-0.2, 0) is 14.3 Å². The normalized spacial score (nSPS) is 12.9. The lowest BCUT2D eigenvalue weighted by atomic mass is 10.2. The van der Waals surface area contributed by atoms with Gasteiger partial charge >= 0.3 is 0 Å². The first-order chi connectivity index (χ1) is 16.7. The number of anilines is 1. The lowest BCUT2D eigenvalue weighted by Gasteiger charge is -2.13. The average molecular weight is 516 g/mol. The lowest BCUT2D eigenvalue weighted by molar-refractivity contribution is -0.0256. The minimum atomic E-state index is -4.07. The second-order valence-electron chi connectivity index (χ2n) is 7.91. The van der Waals surface area contributed by atoms with Gasteiger partial charge in [-0.1, -0.05) is 29.0 Å². The number of aliphatic hydroxyl groups excluding tert-OH is 1. The highest BCUT2D eigenvalue weighted by Crippen LogP contribution is 2.25. The summed E-state index contributed by atoms with van der Waals surface area (Å²) >= 11 is 1.55. The van der Waals surface area contributed by atoms with E-state index in [1.165, 1.54) is 12.1 Å². The third-order valence-corrected chi connectivity index (χ3v) is 7.30. The van der Waals surface area contributed by atoms with E-state index in [1.54, 1.807) is 53.9 Å². The number of aliphatic hydroxyl groups is 1. The maximum Gasteiger partial charge on any atom is 0.299 e. The molecule has 2 aromatic carbocycles. The van der Waals surface area contributed by atoms with Gasteiger partial charge in [-0.25, -0.2) is 14.2 Å². The van der Waals surface area contributed by atoms with Crippen LogP contribution in [0.2, 0.25) is 0 Å². The van der Waals surface area contributed by atoms with Gasteiger partial charge in [0, 0.05) is 43.7 Å². The Morgan fingerprint density at radius 1 is 1.17 bits per heavy atom. The first-order valence-electron chi connectivity index (χ1n) is 10.7. The molecule has 0 fully saturated rings. The van der Waals surface area contributed by atoms with E-state index >= 15 is 0 Å². The van der Waals surface area contributed by atoms with Crippen molar-refractivity contribution in [3.8, 4) is 5.75 Å². The van der Waals surface area contributed by atoms with E-state index in [0.717, 1.165) is 15.6 Å². The summed E-state index contributed by atoms with van der Waals surface area (Å²) in [5.74, 6) is 0.943. The van der Waals surface area contributed by atoms with Crippen molar-refractivity contribution in [2.24, 2.45) is 0 Å². The molecule has 0 saturated carbocycles. The number of oxazole rings is 1. The summed E-state index contributed by atoms with van der Waals surface area (Å²) in [6, 6.07) is 11.4. The zero-order chi connectivity index (χ0) is 25.0. The molecule has 1 N–H and O–H groups in total. The summed E-state index contributed by atoms with van der Waals surface area (Å²) in [6.45, 7) is 1.89. The van der Waals surface area contributed by atoms with Gasteiger partial charge in [-0.05, 0) is 37.3 Å². The van der Waals surface area contributed by atoms with Crippen LogP contribution >= 0.6 is 11.3 Å². The van der Waals surface area contributed by atoms with Crippen molar-refractivity contribution < 1.29 is 26.9 Å². The molecular formula is C24H25N3O6S2. The Morgan fingerprint density at radius 3 is 2.66 bits per heavy atom. The van der Waals surface area contributed by atoms with E-state index in [1.807, 2.05) is 32.0 Å². The molecule has 0 amide bonds. The van der Waals surface area contributed by atoms with Gasteiger partial charge in [0.15, 0.2) is 17.0 Å². The topological polar surface area (TPSA) is 115 Å². The fraction of sp³-hybridized carbons (Fsp3) is 0.250.